The van der Waals surface area contributed by atoms with Crippen molar-refractivity contribution in [1.82, 2.24) is 24.8 Å². The van der Waals surface area contributed by atoms with E-state index in [1.165, 1.54) is 0 Å². The number of pyridine rings is 1. The highest BCUT2D eigenvalue weighted by molar-refractivity contribution is 5.81. The van der Waals surface area contributed by atoms with Crippen LogP contribution in [0.15, 0.2) is 35.3 Å². The van der Waals surface area contributed by atoms with E-state index in [1.807, 2.05) is 26.8 Å². The first kappa shape index (κ1) is 31.8. The van der Waals surface area contributed by atoms with Crippen LogP contribution in [0.25, 0.3) is 22.4 Å². The highest BCUT2D eigenvalue weighted by atomic mass is 16.6. The van der Waals surface area contributed by atoms with Gasteiger partial charge in [-0.05, 0) is 89.5 Å². The number of ether oxygens (including phenoxy) is 2. The van der Waals surface area contributed by atoms with Crippen LogP contribution in [0.2, 0.25) is 0 Å². The monoisotopic (exact) mass is 605 g/mol. The lowest BCUT2D eigenvalue weighted by Crippen LogP contribution is -2.52. The number of hydrogen-bond acceptors (Lipinski definition) is 7. The predicted octanol–water partition coefficient (Wildman–Crippen LogP) is 5.56. The number of carbonyl (C=O) groups is 2. The molecule has 1 atom stereocenters. The minimum atomic E-state index is -0.532. The van der Waals surface area contributed by atoms with Gasteiger partial charge in [0, 0.05) is 49.4 Å². The van der Waals surface area contributed by atoms with Crippen LogP contribution in [0.5, 0.6) is 0 Å². The largest absolute Gasteiger partial charge is 0.461 e. The number of amides is 1. The second kappa shape index (κ2) is 13.1. The Balaban J connectivity index is 1.35. The van der Waals surface area contributed by atoms with Gasteiger partial charge in [0.2, 0.25) is 0 Å². The Hall–Kier alpha value is -3.66. The summed E-state index contributed by atoms with van der Waals surface area (Å²) in [6.45, 7) is 14.0. The van der Waals surface area contributed by atoms with E-state index >= 15 is 0 Å². The SMILES string of the molecule is Cc1cc(-c2nc3cc(CNC(CC(C)C)C(=O)OC4CCCC4)ccc3n2CC2CN(C(=O)OC(C)(C)C)C2)c[nH]c1=O. The van der Waals surface area contributed by atoms with Gasteiger partial charge in [0.25, 0.3) is 5.56 Å². The Labute approximate surface area is 259 Å². The molecule has 238 valence electrons. The Kier molecular flexibility index (Phi) is 9.48. The molecule has 1 aliphatic carbocycles. The van der Waals surface area contributed by atoms with E-state index in [2.05, 4.69) is 46.9 Å². The summed E-state index contributed by atoms with van der Waals surface area (Å²) in [6.07, 6.45) is 6.32. The minimum Gasteiger partial charge on any atom is -0.461 e. The van der Waals surface area contributed by atoms with Crippen molar-refractivity contribution in [2.45, 2.75) is 104 Å². The van der Waals surface area contributed by atoms with Gasteiger partial charge >= 0.3 is 12.1 Å². The standard InChI is InChI=1S/C34H47N5O5/c1-21(2)13-28(32(41)43-26-9-7-8-10-26)35-16-23-11-12-29-27(15-23)37-30(25-14-22(3)31(40)36-17-25)39(29)20-24-18-38(19-24)33(42)44-34(4,5)6/h11-12,14-15,17,21,24,26,28,35H,7-10,13,16,18-20H2,1-6H3,(H,36,40). The van der Waals surface area contributed by atoms with Gasteiger partial charge < -0.3 is 29.2 Å². The summed E-state index contributed by atoms with van der Waals surface area (Å²) in [7, 11) is 0. The average Bonchev–Trinajstić information content (AvgIpc) is 3.56. The summed E-state index contributed by atoms with van der Waals surface area (Å²) < 4.78 is 13.6. The van der Waals surface area contributed by atoms with E-state index < -0.39 is 5.60 Å². The molecule has 2 fully saturated rings. The fraction of sp³-hybridized carbons (Fsp3) is 0.588. The van der Waals surface area contributed by atoms with Crippen LogP contribution < -0.4 is 10.9 Å². The zero-order chi connectivity index (χ0) is 31.6. The van der Waals surface area contributed by atoms with Crippen LogP contribution in [-0.4, -0.2) is 62.3 Å². The first-order chi connectivity index (χ1) is 20.9. The maximum absolute atomic E-state index is 13.0. The lowest BCUT2D eigenvalue weighted by molar-refractivity contribution is -0.151. The van der Waals surface area contributed by atoms with E-state index in [-0.39, 0.29) is 35.7 Å². The number of aromatic amines is 1. The predicted molar refractivity (Wildman–Crippen MR) is 170 cm³/mol. The van der Waals surface area contributed by atoms with Gasteiger partial charge in [-0.1, -0.05) is 19.9 Å². The van der Waals surface area contributed by atoms with Gasteiger partial charge in [0.1, 0.15) is 23.6 Å². The maximum atomic E-state index is 13.0. The molecule has 3 heterocycles. The molecule has 2 aliphatic rings. The normalized spacial score (nSPS) is 16.8. The molecule has 1 aliphatic heterocycles. The highest BCUT2D eigenvalue weighted by Gasteiger charge is 2.34. The van der Waals surface area contributed by atoms with Crippen molar-refractivity contribution in [2.24, 2.45) is 11.8 Å². The molecule has 2 aromatic heterocycles. The lowest BCUT2D eigenvalue weighted by Gasteiger charge is -2.40. The summed E-state index contributed by atoms with van der Waals surface area (Å²) in [6, 6.07) is 7.69. The maximum Gasteiger partial charge on any atom is 0.410 e. The molecule has 10 nitrogen and oxygen atoms in total. The third-order valence-corrected chi connectivity index (χ3v) is 8.34. The summed E-state index contributed by atoms with van der Waals surface area (Å²) in [5.41, 5.74) is 3.62. The molecule has 5 rings (SSSR count). The topological polar surface area (TPSA) is 119 Å². The summed E-state index contributed by atoms with van der Waals surface area (Å²) >= 11 is 0. The van der Waals surface area contributed by atoms with E-state index in [4.69, 9.17) is 14.5 Å². The number of aryl methyl sites for hydroxylation is 1. The Bertz CT molecular complexity index is 1540. The number of imidazole rings is 1. The molecule has 10 heteroatoms. The quantitative estimate of drug-likeness (QED) is 0.291. The highest BCUT2D eigenvalue weighted by Crippen LogP contribution is 2.30. The number of H-pyrrole nitrogens is 1. The molecule has 1 saturated heterocycles. The fourth-order valence-electron chi connectivity index (χ4n) is 6.06. The number of rotatable bonds is 10. The summed E-state index contributed by atoms with van der Waals surface area (Å²) in [4.78, 5) is 47.2. The van der Waals surface area contributed by atoms with Crippen molar-refractivity contribution in [3.63, 3.8) is 0 Å². The van der Waals surface area contributed by atoms with Crippen molar-refractivity contribution in [3.8, 4) is 11.4 Å². The third-order valence-electron chi connectivity index (χ3n) is 8.34. The fourth-order valence-corrected chi connectivity index (χ4v) is 6.06. The number of esters is 1. The number of fused-ring (bicyclic) bond motifs is 1. The first-order valence-corrected chi connectivity index (χ1v) is 16.0. The van der Waals surface area contributed by atoms with Gasteiger partial charge in [0.05, 0.1) is 11.0 Å². The van der Waals surface area contributed by atoms with Crippen molar-refractivity contribution < 1.29 is 19.1 Å². The van der Waals surface area contributed by atoms with Crippen LogP contribution in [0.3, 0.4) is 0 Å². The average molecular weight is 606 g/mol. The molecule has 0 bridgehead atoms. The number of aromatic nitrogens is 3. The first-order valence-electron chi connectivity index (χ1n) is 16.0. The van der Waals surface area contributed by atoms with E-state index in [0.29, 0.717) is 44.1 Å². The number of carbonyl (C=O) groups excluding carboxylic acids is 2. The number of nitrogens with zero attached hydrogens (tertiary/aromatic N) is 3. The van der Waals surface area contributed by atoms with Crippen LogP contribution in [-0.2, 0) is 27.4 Å². The van der Waals surface area contributed by atoms with Gasteiger partial charge in [0.15, 0.2) is 0 Å². The molecular formula is C34H47N5O5. The second-order valence-corrected chi connectivity index (χ2v) is 13.9. The van der Waals surface area contributed by atoms with Crippen molar-refractivity contribution in [2.75, 3.05) is 13.1 Å². The van der Waals surface area contributed by atoms with E-state index in [1.54, 1.807) is 18.0 Å². The van der Waals surface area contributed by atoms with Crippen LogP contribution >= 0.6 is 0 Å². The number of hydrogen-bond donors (Lipinski definition) is 2. The zero-order valence-corrected chi connectivity index (χ0v) is 26.9. The number of benzene rings is 1. The third kappa shape index (κ3) is 7.70. The minimum absolute atomic E-state index is 0.0427. The summed E-state index contributed by atoms with van der Waals surface area (Å²) in [5.74, 6) is 1.19. The van der Waals surface area contributed by atoms with Crippen LogP contribution in [0, 0.1) is 18.8 Å². The zero-order valence-electron chi connectivity index (χ0n) is 26.9. The molecule has 1 unspecified atom stereocenters. The van der Waals surface area contributed by atoms with Crippen LogP contribution in [0.4, 0.5) is 4.79 Å². The van der Waals surface area contributed by atoms with Crippen LogP contribution in [0.1, 0.15) is 77.8 Å². The molecule has 0 spiro atoms. The molecule has 3 aromatic rings. The molecule has 1 aromatic carbocycles. The molecule has 2 N–H and O–H groups in total. The van der Waals surface area contributed by atoms with Gasteiger partial charge in [-0.3, -0.25) is 9.59 Å². The van der Waals surface area contributed by atoms with Gasteiger partial charge in [-0.2, -0.15) is 0 Å². The van der Waals surface area contributed by atoms with E-state index in [9.17, 15) is 14.4 Å². The lowest BCUT2D eigenvalue weighted by atomic mass is 10.0. The molecule has 0 radical (unpaired) electrons. The van der Waals surface area contributed by atoms with Gasteiger partial charge in [-0.25, -0.2) is 9.78 Å². The Morgan fingerprint density at radius 3 is 2.52 bits per heavy atom. The van der Waals surface area contributed by atoms with Crippen molar-refractivity contribution in [1.29, 1.82) is 0 Å². The Morgan fingerprint density at radius 2 is 1.86 bits per heavy atom. The molecular weight excluding hydrogens is 558 g/mol. The van der Waals surface area contributed by atoms with E-state index in [0.717, 1.165) is 53.7 Å². The molecule has 44 heavy (non-hydrogen) atoms. The van der Waals surface area contributed by atoms with Crippen molar-refractivity contribution in [3.05, 3.63) is 51.9 Å². The number of likely N-dealkylation sites (tertiary alicyclic amines) is 1. The summed E-state index contributed by atoms with van der Waals surface area (Å²) in [5, 5.41) is 3.46. The van der Waals surface area contributed by atoms with Gasteiger partial charge in [-0.15, -0.1) is 0 Å². The molecule has 1 amide bonds. The van der Waals surface area contributed by atoms with Crippen molar-refractivity contribution >= 4 is 23.1 Å². The second-order valence-electron chi connectivity index (χ2n) is 13.9. The number of nitrogens with one attached hydrogen (secondary N) is 2. The Morgan fingerprint density at radius 1 is 1.14 bits per heavy atom. The smallest absolute Gasteiger partial charge is 0.410 e. The molecule has 1 saturated carbocycles.